The number of carbonyl (C=O) groups excluding carboxylic acids is 2. The van der Waals surface area contributed by atoms with E-state index >= 15 is 0 Å². The van der Waals surface area contributed by atoms with Crippen molar-refractivity contribution in [1.82, 2.24) is 9.62 Å². The molecule has 0 unspecified atom stereocenters. The minimum absolute atomic E-state index is 0.00543. The Balaban J connectivity index is 1.43. The number of aliphatic imine (C=N–C) groups is 1. The number of halogens is 3. The van der Waals surface area contributed by atoms with Crippen molar-refractivity contribution in [2.24, 2.45) is 10.7 Å². The number of aryl methyl sites for hydroxylation is 1. The first-order chi connectivity index (χ1) is 18.7. The van der Waals surface area contributed by atoms with Gasteiger partial charge in [-0.15, -0.1) is 0 Å². The van der Waals surface area contributed by atoms with E-state index in [2.05, 4.69) is 15.6 Å². The van der Waals surface area contributed by atoms with Crippen molar-refractivity contribution in [2.45, 2.75) is 37.5 Å². The number of anilines is 1. The van der Waals surface area contributed by atoms with E-state index in [1.54, 1.807) is 25.1 Å². The summed E-state index contributed by atoms with van der Waals surface area (Å²) in [5.74, 6) is -1.01. The maximum Gasteiger partial charge on any atom is 0.416 e. The van der Waals surface area contributed by atoms with Crippen LogP contribution in [0.15, 0.2) is 52.9 Å². The van der Waals surface area contributed by atoms with Gasteiger partial charge in [-0.25, -0.2) is 8.42 Å². The number of nitrogens with zero attached hydrogens (tertiary/aromatic N) is 2. The smallest absolute Gasteiger partial charge is 0.394 e. The van der Waals surface area contributed by atoms with Gasteiger partial charge < -0.3 is 21.5 Å². The van der Waals surface area contributed by atoms with Crippen LogP contribution in [0.4, 0.5) is 18.9 Å². The molecule has 10 nitrogen and oxygen atoms in total. The van der Waals surface area contributed by atoms with E-state index in [-0.39, 0.29) is 37.3 Å². The molecule has 4 rings (SSSR count). The number of carbonyl (C=O) groups is 2. The minimum Gasteiger partial charge on any atom is -0.394 e. The molecule has 214 valence electrons. The lowest BCUT2D eigenvalue weighted by atomic mass is 9.89. The number of aliphatic hydroxyl groups excluding tert-OH is 1. The van der Waals surface area contributed by atoms with E-state index in [1.165, 1.54) is 22.5 Å². The van der Waals surface area contributed by atoms with Gasteiger partial charge in [0.2, 0.25) is 15.9 Å². The summed E-state index contributed by atoms with van der Waals surface area (Å²) in [5, 5.41) is 15.2. The third kappa shape index (κ3) is 6.25. The first-order valence-corrected chi connectivity index (χ1v) is 13.8. The number of benzene rings is 2. The van der Waals surface area contributed by atoms with Crippen LogP contribution in [-0.2, 0) is 25.8 Å². The molecular formula is C26H28F3N5O5S. The molecule has 14 heteroatoms. The van der Waals surface area contributed by atoms with Gasteiger partial charge in [0.05, 0.1) is 12.2 Å². The number of amides is 2. The highest BCUT2D eigenvalue weighted by Gasteiger charge is 2.47. The summed E-state index contributed by atoms with van der Waals surface area (Å²) in [6.07, 6.45) is -2.99. The Morgan fingerprint density at radius 3 is 2.58 bits per heavy atom. The molecule has 2 aromatic carbocycles. The van der Waals surface area contributed by atoms with Gasteiger partial charge in [0.1, 0.15) is 17.4 Å². The molecule has 0 radical (unpaired) electrons. The number of sulfonamides is 1. The molecule has 2 aromatic rings. The van der Waals surface area contributed by atoms with Gasteiger partial charge in [-0.3, -0.25) is 14.6 Å². The highest BCUT2D eigenvalue weighted by molar-refractivity contribution is 7.92. The molecule has 1 saturated heterocycles. The summed E-state index contributed by atoms with van der Waals surface area (Å²) in [6.45, 7) is 1.22. The molecule has 1 fully saturated rings. The lowest BCUT2D eigenvalue weighted by Crippen LogP contribution is -2.50. The summed E-state index contributed by atoms with van der Waals surface area (Å²) in [4.78, 5) is 29.1. The van der Waals surface area contributed by atoms with E-state index in [0.29, 0.717) is 16.8 Å². The van der Waals surface area contributed by atoms with Crippen LogP contribution in [0.5, 0.6) is 0 Å². The normalized spacial score (nSPS) is 18.6. The highest BCUT2D eigenvalue weighted by Crippen LogP contribution is 2.34. The third-order valence-electron chi connectivity index (χ3n) is 6.84. The molecule has 0 aromatic heterocycles. The SMILES string of the molecule is Cc1cc(NC(=O)[C@@H](N)CO)ccc1/C=C/S(=O)(=O)N1CCC2(CC1)N=C(c1cccc(C(F)(F)F)c1)NC2=O. The van der Waals surface area contributed by atoms with Crippen molar-refractivity contribution in [3.8, 4) is 0 Å². The van der Waals surface area contributed by atoms with Crippen molar-refractivity contribution >= 4 is 39.4 Å². The average molecular weight is 580 g/mol. The van der Waals surface area contributed by atoms with Crippen LogP contribution in [0.1, 0.15) is 35.1 Å². The zero-order chi connectivity index (χ0) is 29.3. The predicted molar refractivity (Wildman–Crippen MR) is 142 cm³/mol. The lowest BCUT2D eigenvalue weighted by Gasteiger charge is -2.34. The molecule has 0 bridgehead atoms. The molecule has 0 saturated carbocycles. The van der Waals surface area contributed by atoms with Crippen molar-refractivity contribution in [3.05, 3.63) is 70.1 Å². The van der Waals surface area contributed by atoms with Crippen LogP contribution in [0.25, 0.3) is 6.08 Å². The van der Waals surface area contributed by atoms with Gasteiger partial charge in [0.15, 0.2) is 0 Å². The second-order valence-electron chi connectivity index (χ2n) is 9.62. The Hall–Kier alpha value is -3.59. The van der Waals surface area contributed by atoms with E-state index in [1.807, 2.05) is 0 Å². The van der Waals surface area contributed by atoms with E-state index in [0.717, 1.165) is 17.5 Å². The number of aliphatic hydroxyl groups is 1. The van der Waals surface area contributed by atoms with E-state index < -0.39 is 51.8 Å². The molecule has 2 amide bonds. The maximum atomic E-state index is 13.1. The molecule has 2 aliphatic rings. The van der Waals surface area contributed by atoms with Gasteiger partial charge in [0.25, 0.3) is 5.91 Å². The third-order valence-corrected chi connectivity index (χ3v) is 8.41. The van der Waals surface area contributed by atoms with Crippen LogP contribution in [0.2, 0.25) is 0 Å². The number of nitrogens with two attached hydrogens (primary N) is 1. The average Bonchev–Trinajstić information content (AvgIpc) is 3.22. The van der Waals surface area contributed by atoms with E-state index in [9.17, 15) is 31.2 Å². The van der Waals surface area contributed by atoms with Gasteiger partial charge in [-0.2, -0.15) is 17.5 Å². The zero-order valence-corrected chi connectivity index (χ0v) is 22.2. The van der Waals surface area contributed by atoms with Crippen LogP contribution in [0, 0.1) is 6.92 Å². The summed E-state index contributed by atoms with van der Waals surface area (Å²) >= 11 is 0. The van der Waals surface area contributed by atoms with Crippen molar-refractivity contribution in [2.75, 3.05) is 25.0 Å². The molecule has 0 aliphatic carbocycles. The monoisotopic (exact) mass is 579 g/mol. The number of hydrogen-bond acceptors (Lipinski definition) is 7. The summed E-state index contributed by atoms with van der Waals surface area (Å²) < 4.78 is 66.5. The first-order valence-electron chi connectivity index (χ1n) is 12.3. The van der Waals surface area contributed by atoms with Crippen molar-refractivity contribution in [1.29, 1.82) is 0 Å². The van der Waals surface area contributed by atoms with Crippen LogP contribution in [-0.4, -0.2) is 66.8 Å². The Bertz CT molecular complexity index is 1480. The zero-order valence-electron chi connectivity index (χ0n) is 21.4. The molecular weight excluding hydrogens is 551 g/mol. The van der Waals surface area contributed by atoms with Gasteiger partial charge in [0, 0.05) is 29.7 Å². The first kappa shape index (κ1) is 29.4. The fourth-order valence-corrected chi connectivity index (χ4v) is 5.63. The fraction of sp³-hybridized carbons (Fsp3) is 0.346. The number of piperidine rings is 1. The summed E-state index contributed by atoms with van der Waals surface area (Å²) in [6, 6.07) is 8.26. The Kier molecular flexibility index (Phi) is 8.17. The fourth-order valence-electron chi connectivity index (χ4n) is 4.45. The van der Waals surface area contributed by atoms with Gasteiger partial charge >= 0.3 is 6.18 Å². The number of nitrogens with one attached hydrogen (secondary N) is 2. The summed E-state index contributed by atoms with van der Waals surface area (Å²) in [5.41, 5.74) is 5.19. The number of rotatable bonds is 7. The highest BCUT2D eigenvalue weighted by atomic mass is 32.2. The lowest BCUT2D eigenvalue weighted by molar-refractivity contribution is -0.137. The van der Waals surface area contributed by atoms with E-state index in [4.69, 9.17) is 10.8 Å². The topological polar surface area (TPSA) is 154 Å². The standard InChI is InChI=1S/C26H28F3N5O5S/c1-16-13-20(31-23(36)21(30)15-35)6-5-17(16)7-12-40(38,39)34-10-8-25(9-11-34)24(37)32-22(33-25)18-3-2-4-19(14-18)26(27,28)29/h2-7,12-14,21,35H,8-11,15,30H2,1H3,(H,31,36)(H,32,33,37)/b12-7+/t21-/m0/s1. The molecule has 2 aliphatic heterocycles. The molecule has 5 N–H and O–H groups in total. The van der Waals surface area contributed by atoms with Crippen LogP contribution in [0.3, 0.4) is 0 Å². The van der Waals surface area contributed by atoms with Crippen LogP contribution >= 0.6 is 0 Å². The molecule has 1 atom stereocenters. The molecule has 2 heterocycles. The van der Waals surface area contributed by atoms with Crippen molar-refractivity contribution < 1.29 is 36.3 Å². The summed E-state index contributed by atoms with van der Waals surface area (Å²) in [7, 11) is -3.86. The maximum absolute atomic E-state index is 13.1. The predicted octanol–water partition coefficient (Wildman–Crippen LogP) is 1.98. The number of hydrogen-bond donors (Lipinski definition) is 4. The number of amidine groups is 1. The van der Waals surface area contributed by atoms with Gasteiger partial charge in [-0.1, -0.05) is 18.2 Å². The van der Waals surface area contributed by atoms with Crippen LogP contribution < -0.4 is 16.4 Å². The second kappa shape index (κ2) is 11.1. The largest absolute Gasteiger partial charge is 0.416 e. The minimum atomic E-state index is -4.55. The van der Waals surface area contributed by atoms with Crippen molar-refractivity contribution in [3.63, 3.8) is 0 Å². The number of alkyl halides is 3. The Morgan fingerprint density at radius 2 is 1.95 bits per heavy atom. The molecule has 1 spiro atoms. The Morgan fingerprint density at radius 1 is 1.25 bits per heavy atom. The van der Waals surface area contributed by atoms with Gasteiger partial charge in [-0.05, 0) is 61.2 Å². The molecule has 40 heavy (non-hydrogen) atoms. The quantitative estimate of drug-likeness (QED) is 0.394. The second-order valence-corrected chi connectivity index (χ2v) is 11.4. The Labute approximate surface area is 228 Å².